The molecule has 2 aromatic carbocycles. The molecule has 38 heavy (non-hydrogen) atoms. The molecule has 2 aromatic rings. The van der Waals surface area contributed by atoms with Gasteiger partial charge in [-0.3, -0.25) is 4.79 Å². The second-order valence-electron chi connectivity index (χ2n) is 9.66. The van der Waals surface area contributed by atoms with Crippen molar-refractivity contribution >= 4 is 23.5 Å². The zero-order valence-corrected chi connectivity index (χ0v) is 22.0. The van der Waals surface area contributed by atoms with Crippen LogP contribution in [0.1, 0.15) is 42.1 Å². The molecule has 0 saturated carbocycles. The van der Waals surface area contributed by atoms with Crippen molar-refractivity contribution in [3.63, 3.8) is 0 Å². The summed E-state index contributed by atoms with van der Waals surface area (Å²) in [7, 11) is 2.11. The number of nitrogens with zero attached hydrogens (tertiary/aromatic N) is 3. The van der Waals surface area contributed by atoms with Crippen LogP contribution in [0.3, 0.4) is 0 Å². The third-order valence-electron chi connectivity index (χ3n) is 7.30. The van der Waals surface area contributed by atoms with E-state index in [1.807, 2.05) is 53.4 Å². The van der Waals surface area contributed by atoms with E-state index in [0.29, 0.717) is 12.2 Å². The molecule has 204 valence electrons. The number of aliphatic carboxylic acids is 2. The number of likely N-dealkylation sites (N-methyl/N-ethyl adjacent to an activating group) is 2. The van der Waals surface area contributed by atoms with E-state index in [0.717, 1.165) is 68.8 Å². The number of hydrogen-bond donors (Lipinski definition) is 3. The Morgan fingerprint density at radius 3 is 2.13 bits per heavy atom. The molecule has 2 aliphatic rings. The fourth-order valence-electron chi connectivity index (χ4n) is 5.00. The van der Waals surface area contributed by atoms with Crippen LogP contribution in [0.25, 0.3) is 0 Å². The molecule has 0 aliphatic carbocycles. The molecule has 1 atom stereocenters. The molecule has 2 heterocycles. The van der Waals surface area contributed by atoms with E-state index >= 15 is 0 Å². The van der Waals surface area contributed by atoms with Gasteiger partial charge in [-0.05, 0) is 43.9 Å². The molecule has 1 amide bonds. The predicted molar refractivity (Wildman–Crippen MR) is 145 cm³/mol. The van der Waals surface area contributed by atoms with E-state index in [2.05, 4.69) is 29.8 Å². The monoisotopic (exact) mass is 523 g/mol. The van der Waals surface area contributed by atoms with E-state index in [-0.39, 0.29) is 11.9 Å². The summed E-state index contributed by atoms with van der Waals surface area (Å²) in [4.78, 5) is 38.8. The zero-order chi connectivity index (χ0) is 27.7. The first-order valence-corrected chi connectivity index (χ1v) is 12.9. The lowest BCUT2D eigenvalue weighted by atomic mass is 9.84. The number of anilines is 1. The molecule has 9 heteroatoms. The number of likely N-dealkylation sites (tertiary alicyclic amines) is 1. The average molecular weight is 524 g/mol. The summed E-state index contributed by atoms with van der Waals surface area (Å²) >= 11 is 0. The van der Waals surface area contributed by atoms with Gasteiger partial charge in [-0.2, -0.15) is 0 Å². The van der Waals surface area contributed by atoms with E-state index in [9.17, 15) is 19.5 Å². The highest BCUT2D eigenvalue weighted by Gasteiger charge is 2.35. The van der Waals surface area contributed by atoms with E-state index in [1.165, 1.54) is 0 Å². The van der Waals surface area contributed by atoms with Gasteiger partial charge >= 0.3 is 11.9 Å². The molecular weight excluding hydrogens is 486 g/mol. The minimum absolute atomic E-state index is 0.133. The molecule has 1 fully saturated rings. The quantitative estimate of drug-likeness (QED) is 0.474. The maximum Gasteiger partial charge on any atom is 0.328 e. The number of amides is 1. The van der Waals surface area contributed by atoms with Crippen molar-refractivity contribution in [3.05, 3.63) is 77.9 Å². The first-order chi connectivity index (χ1) is 18.1. The van der Waals surface area contributed by atoms with Crippen molar-refractivity contribution in [2.24, 2.45) is 0 Å². The van der Waals surface area contributed by atoms with Crippen molar-refractivity contribution in [3.8, 4) is 0 Å². The van der Waals surface area contributed by atoms with Crippen molar-refractivity contribution < 1.29 is 29.7 Å². The van der Waals surface area contributed by atoms with Gasteiger partial charge in [0.05, 0.1) is 11.2 Å². The topological polar surface area (TPSA) is 122 Å². The number of para-hydroxylation sites is 1. The number of carbonyl (C=O) groups is 3. The first kappa shape index (κ1) is 28.9. The normalized spacial score (nSPS) is 19.3. The Hall–Kier alpha value is -3.69. The number of rotatable bonds is 7. The van der Waals surface area contributed by atoms with Gasteiger partial charge in [0.2, 0.25) is 0 Å². The molecule has 2 aliphatic heterocycles. The lowest BCUT2D eigenvalue weighted by molar-refractivity contribution is -0.134. The van der Waals surface area contributed by atoms with Crippen molar-refractivity contribution in [1.82, 2.24) is 9.80 Å². The molecule has 1 saturated heterocycles. The SMILES string of the molecule is CCN1CC(CCN2CCC(O)(c3ccccc3)CC2)N(C)c2ccccc2C1=O.O=C(O)/C=C/C(=O)O. The minimum Gasteiger partial charge on any atom is -0.478 e. The van der Waals surface area contributed by atoms with Crippen LogP contribution in [0.15, 0.2) is 66.7 Å². The summed E-state index contributed by atoms with van der Waals surface area (Å²) in [5, 5.41) is 26.7. The van der Waals surface area contributed by atoms with Crippen molar-refractivity contribution in [2.45, 2.75) is 37.8 Å². The molecule has 0 aromatic heterocycles. The van der Waals surface area contributed by atoms with Crippen LogP contribution < -0.4 is 4.90 Å². The second kappa shape index (κ2) is 13.2. The van der Waals surface area contributed by atoms with E-state index in [4.69, 9.17) is 10.2 Å². The van der Waals surface area contributed by atoms with Gasteiger partial charge in [0.1, 0.15) is 0 Å². The van der Waals surface area contributed by atoms with E-state index in [1.54, 1.807) is 0 Å². The summed E-state index contributed by atoms with van der Waals surface area (Å²) in [5.41, 5.74) is 2.15. The molecule has 4 rings (SSSR count). The van der Waals surface area contributed by atoms with Crippen LogP contribution in [0.2, 0.25) is 0 Å². The number of carboxylic acid groups (broad SMARTS) is 2. The Balaban J connectivity index is 0.000000436. The number of carboxylic acids is 2. The van der Waals surface area contributed by atoms with Crippen molar-refractivity contribution in [1.29, 1.82) is 0 Å². The molecule has 9 nitrogen and oxygen atoms in total. The van der Waals surface area contributed by atoms with Gasteiger partial charge in [-0.1, -0.05) is 42.5 Å². The summed E-state index contributed by atoms with van der Waals surface area (Å²) < 4.78 is 0. The number of aliphatic hydroxyl groups is 1. The van der Waals surface area contributed by atoms with Gasteiger partial charge in [0.15, 0.2) is 0 Å². The average Bonchev–Trinajstić information content (AvgIpc) is 3.02. The number of benzene rings is 2. The maximum absolute atomic E-state index is 12.9. The molecule has 1 unspecified atom stereocenters. The Labute approximate surface area is 223 Å². The first-order valence-electron chi connectivity index (χ1n) is 12.9. The van der Waals surface area contributed by atoms with Gasteiger partial charge in [0.25, 0.3) is 5.91 Å². The smallest absolute Gasteiger partial charge is 0.328 e. The Bertz CT molecular complexity index is 1110. The highest BCUT2D eigenvalue weighted by molar-refractivity contribution is 6.00. The number of piperidine rings is 1. The number of carbonyl (C=O) groups excluding carboxylic acids is 1. The summed E-state index contributed by atoms with van der Waals surface area (Å²) in [6, 6.07) is 18.3. The van der Waals surface area contributed by atoms with Crippen LogP contribution in [-0.2, 0) is 15.2 Å². The van der Waals surface area contributed by atoms with Crippen LogP contribution >= 0.6 is 0 Å². The van der Waals surface area contributed by atoms with Crippen LogP contribution in [0, 0.1) is 0 Å². The van der Waals surface area contributed by atoms with E-state index < -0.39 is 17.5 Å². The van der Waals surface area contributed by atoms with Gasteiger partial charge in [-0.15, -0.1) is 0 Å². The third-order valence-corrected chi connectivity index (χ3v) is 7.30. The van der Waals surface area contributed by atoms with Gasteiger partial charge < -0.3 is 30.0 Å². The number of fused-ring (bicyclic) bond motifs is 1. The molecule has 0 bridgehead atoms. The lowest BCUT2D eigenvalue weighted by Gasteiger charge is -2.39. The Kier molecular flexibility index (Phi) is 10.0. The van der Waals surface area contributed by atoms with Crippen LogP contribution in [0.4, 0.5) is 5.69 Å². The molecule has 0 radical (unpaired) electrons. The fraction of sp³-hybridized carbons (Fsp3) is 0.414. The minimum atomic E-state index is -1.26. The zero-order valence-electron chi connectivity index (χ0n) is 22.0. The van der Waals surface area contributed by atoms with Crippen LogP contribution in [0.5, 0.6) is 0 Å². The Morgan fingerprint density at radius 2 is 1.55 bits per heavy atom. The summed E-state index contributed by atoms with van der Waals surface area (Å²) in [6.07, 6.45) is 3.64. The third kappa shape index (κ3) is 7.43. The summed E-state index contributed by atoms with van der Waals surface area (Å²) in [6.45, 7) is 6.31. The fourth-order valence-corrected chi connectivity index (χ4v) is 5.00. The second-order valence-corrected chi connectivity index (χ2v) is 9.66. The highest BCUT2D eigenvalue weighted by atomic mass is 16.4. The predicted octanol–water partition coefficient (Wildman–Crippen LogP) is 3.05. The maximum atomic E-state index is 12.9. The van der Waals surface area contributed by atoms with Crippen molar-refractivity contribution in [2.75, 3.05) is 44.7 Å². The lowest BCUT2D eigenvalue weighted by Crippen LogP contribution is -2.46. The Morgan fingerprint density at radius 1 is 0.974 bits per heavy atom. The number of hydrogen-bond acceptors (Lipinski definition) is 6. The summed E-state index contributed by atoms with van der Waals surface area (Å²) in [5.74, 6) is -2.38. The van der Waals surface area contributed by atoms with Gasteiger partial charge in [0, 0.05) is 63.7 Å². The largest absolute Gasteiger partial charge is 0.478 e. The molecule has 3 N–H and O–H groups in total. The van der Waals surface area contributed by atoms with Crippen LogP contribution in [-0.4, -0.2) is 88.8 Å². The molecular formula is C29H37N3O6. The highest BCUT2D eigenvalue weighted by Crippen LogP contribution is 2.33. The van der Waals surface area contributed by atoms with Gasteiger partial charge in [-0.25, -0.2) is 9.59 Å². The standard InChI is InChI=1S/C25H33N3O2.C4H4O4/c1-3-28-19-21(26(2)23-12-8-7-11-22(23)24(28)29)13-16-27-17-14-25(30,15-18-27)20-9-5-4-6-10-20;5-3(6)1-2-4(7)8/h4-12,21,30H,3,13-19H2,1-2H3;1-2H,(H,5,6)(H,7,8)/b;2-1+. The molecule has 0 spiro atoms.